The molecule has 0 bridgehead atoms. The SMILES string of the molecule is Cc1ccc(S(=O)(=O)N2CCN(Cc3cccc(C(=O)Nc4ccc5c(c4)n(C)c(=O)n5C)c3)CC2)cc1. The molecule has 5 rings (SSSR count). The Labute approximate surface area is 222 Å². The number of nitrogens with zero attached hydrogens (tertiary/aromatic N) is 4. The highest BCUT2D eigenvalue weighted by atomic mass is 32.2. The number of hydrogen-bond acceptors (Lipinski definition) is 5. The van der Waals surface area contributed by atoms with Gasteiger partial charge in [-0.25, -0.2) is 13.2 Å². The molecule has 9 nitrogen and oxygen atoms in total. The van der Waals surface area contributed by atoms with Gasteiger partial charge < -0.3 is 5.32 Å². The van der Waals surface area contributed by atoms with E-state index in [4.69, 9.17) is 0 Å². The van der Waals surface area contributed by atoms with Crippen LogP contribution in [0, 0.1) is 6.92 Å². The van der Waals surface area contributed by atoms with E-state index >= 15 is 0 Å². The molecule has 0 unspecified atom stereocenters. The second-order valence-corrected chi connectivity index (χ2v) is 11.7. The van der Waals surface area contributed by atoms with Crippen molar-refractivity contribution in [1.82, 2.24) is 18.3 Å². The van der Waals surface area contributed by atoms with E-state index < -0.39 is 10.0 Å². The summed E-state index contributed by atoms with van der Waals surface area (Å²) < 4.78 is 30.6. The Balaban J connectivity index is 1.22. The number of sulfonamides is 1. The fraction of sp³-hybridized carbons (Fsp3) is 0.286. The van der Waals surface area contributed by atoms with Gasteiger partial charge >= 0.3 is 5.69 Å². The monoisotopic (exact) mass is 533 g/mol. The van der Waals surface area contributed by atoms with E-state index in [1.54, 1.807) is 53.6 Å². The van der Waals surface area contributed by atoms with Gasteiger partial charge in [-0.05, 0) is 55.0 Å². The van der Waals surface area contributed by atoms with Crippen LogP contribution in [0.25, 0.3) is 11.0 Å². The number of benzene rings is 3. The molecule has 1 amide bonds. The third kappa shape index (κ3) is 5.02. The van der Waals surface area contributed by atoms with E-state index in [9.17, 15) is 18.0 Å². The van der Waals surface area contributed by atoms with Crippen LogP contribution in [0.3, 0.4) is 0 Å². The second kappa shape index (κ2) is 10.2. The number of carbonyl (C=O) groups is 1. The highest BCUT2D eigenvalue weighted by Gasteiger charge is 2.28. The number of carbonyl (C=O) groups excluding carboxylic acids is 1. The van der Waals surface area contributed by atoms with E-state index in [1.807, 2.05) is 43.3 Å². The Morgan fingerprint density at radius 3 is 2.26 bits per heavy atom. The Hall–Kier alpha value is -3.73. The van der Waals surface area contributed by atoms with Crippen LogP contribution < -0.4 is 11.0 Å². The zero-order valence-electron chi connectivity index (χ0n) is 21.7. The average Bonchev–Trinajstić information content (AvgIpc) is 3.13. The molecular formula is C28H31N5O4S. The molecule has 1 saturated heterocycles. The highest BCUT2D eigenvalue weighted by Crippen LogP contribution is 2.21. The first-order valence-electron chi connectivity index (χ1n) is 12.5. The van der Waals surface area contributed by atoms with Gasteiger partial charge in [-0.3, -0.25) is 18.8 Å². The van der Waals surface area contributed by atoms with E-state index in [0.717, 1.165) is 22.2 Å². The van der Waals surface area contributed by atoms with Crippen molar-refractivity contribution in [3.05, 3.63) is 93.9 Å². The molecule has 38 heavy (non-hydrogen) atoms. The lowest BCUT2D eigenvalue weighted by molar-refractivity contribution is 0.102. The number of anilines is 1. The topological polar surface area (TPSA) is 96.7 Å². The molecule has 2 heterocycles. The maximum Gasteiger partial charge on any atom is 0.328 e. The summed E-state index contributed by atoms with van der Waals surface area (Å²) in [6, 6.07) is 19.8. The third-order valence-corrected chi connectivity index (χ3v) is 9.03. The van der Waals surface area contributed by atoms with Gasteiger partial charge in [0.25, 0.3) is 5.91 Å². The summed E-state index contributed by atoms with van der Waals surface area (Å²) in [7, 11) is -0.0815. The maximum absolute atomic E-state index is 13.0. The first-order chi connectivity index (χ1) is 18.1. The fourth-order valence-corrected chi connectivity index (χ4v) is 6.27. The van der Waals surface area contributed by atoms with Gasteiger partial charge in [-0.15, -0.1) is 0 Å². The number of aryl methyl sites for hydroxylation is 3. The quantitative estimate of drug-likeness (QED) is 0.411. The van der Waals surface area contributed by atoms with Crippen LogP contribution in [-0.2, 0) is 30.7 Å². The van der Waals surface area contributed by atoms with E-state index in [0.29, 0.717) is 48.9 Å². The number of fused-ring (bicyclic) bond motifs is 1. The summed E-state index contributed by atoms with van der Waals surface area (Å²) in [5.41, 5.74) is 4.56. The molecule has 0 spiro atoms. The molecular weight excluding hydrogens is 502 g/mol. The van der Waals surface area contributed by atoms with Crippen LogP contribution in [0.2, 0.25) is 0 Å². The summed E-state index contributed by atoms with van der Waals surface area (Å²) >= 11 is 0. The average molecular weight is 534 g/mol. The predicted molar refractivity (Wildman–Crippen MR) is 148 cm³/mol. The maximum atomic E-state index is 13.0. The van der Waals surface area contributed by atoms with Crippen LogP contribution in [0.1, 0.15) is 21.5 Å². The van der Waals surface area contributed by atoms with Crippen molar-refractivity contribution in [2.24, 2.45) is 14.1 Å². The number of rotatable bonds is 6. The summed E-state index contributed by atoms with van der Waals surface area (Å²) in [6.07, 6.45) is 0. The number of piperazine rings is 1. The lowest BCUT2D eigenvalue weighted by Crippen LogP contribution is -2.48. The van der Waals surface area contributed by atoms with Gasteiger partial charge in [0.05, 0.1) is 15.9 Å². The second-order valence-electron chi connectivity index (χ2n) is 9.75. The minimum atomic E-state index is -3.51. The van der Waals surface area contributed by atoms with Crippen LogP contribution in [0.15, 0.2) is 76.4 Å². The van der Waals surface area contributed by atoms with Crippen molar-refractivity contribution in [2.75, 3.05) is 31.5 Å². The van der Waals surface area contributed by atoms with Gasteiger partial charge in [0.2, 0.25) is 10.0 Å². The Kier molecular flexibility index (Phi) is 6.95. The molecule has 1 fully saturated rings. The standard InChI is InChI=1S/C28H31N5O4S/c1-20-7-10-24(11-8-20)38(36,37)33-15-13-32(14-16-33)19-21-5-4-6-22(17-21)27(34)29-23-9-12-25-26(18-23)31(3)28(35)30(25)2/h4-12,17-18H,13-16,19H2,1-3H3,(H,29,34). The molecule has 0 radical (unpaired) electrons. The molecule has 198 valence electrons. The molecule has 0 atom stereocenters. The van der Waals surface area contributed by atoms with Gasteiger partial charge in [0.1, 0.15) is 0 Å². The molecule has 1 aromatic heterocycles. The van der Waals surface area contributed by atoms with Gasteiger partial charge in [0.15, 0.2) is 0 Å². The summed E-state index contributed by atoms with van der Waals surface area (Å²) in [6.45, 7) is 4.61. The fourth-order valence-electron chi connectivity index (χ4n) is 4.84. The Morgan fingerprint density at radius 1 is 0.868 bits per heavy atom. The van der Waals surface area contributed by atoms with Crippen LogP contribution >= 0.6 is 0 Å². The van der Waals surface area contributed by atoms with E-state index in [2.05, 4.69) is 10.2 Å². The van der Waals surface area contributed by atoms with Crippen molar-refractivity contribution in [3.63, 3.8) is 0 Å². The minimum Gasteiger partial charge on any atom is -0.322 e. The Morgan fingerprint density at radius 2 is 1.55 bits per heavy atom. The minimum absolute atomic E-state index is 0.121. The smallest absolute Gasteiger partial charge is 0.322 e. The molecule has 1 aliphatic heterocycles. The largest absolute Gasteiger partial charge is 0.328 e. The molecule has 0 aliphatic carbocycles. The zero-order chi connectivity index (χ0) is 27.0. The van der Waals surface area contributed by atoms with Crippen molar-refractivity contribution in [3.8, 4) is 0 Å². The lowest BCUT2D eigenvalue weighted by atomic mass is 10.1. The number of hydrogen-bond donors (Lipinski definition) is 1. The normalized spacial score (nSPS) is 15.1. The van der Waals surface area contributed by atoms with E-state index in [1.165, 1.54) is 4.31 Å². The van der Waals surface area contributed by atoms with Crippen molar-refractivity contribution in [2.45, 2.75) is 18.4 Å². The van der Waals surface area contributed by atoms with Crippen molar-refractivity contribution in [1.29, 1.82) is 0 Å². The summed E-state index contributed by atoms with van der Waals surface area (Å²) in [5.74, 6) is -0.235. The van der Waals surface area contributed by atoms with Crippen LogP contribution in [-0.4, -0.2) is 58.8 Å². The number of amides is 1. The summed E-state index contributed by atoms with van der Waals surface area (Å²) in [4.78, 5) is 27.7. The molecule has 10 heteroatoms. The highest BCUT2D eigenvalue weighted by molar-refractivity contribution is 7.89. The van der Waals surface area contributed by atoms with Gasteiger partial charge in [-0.1, -0.05) is 29.8 Å². The van der Waals surface area contributed by atoms with Crippen molar-refractivity contribution >= 4 is 32.7 Å². The molecule has 4 aromatic rings. The number of imidazole rings is 1. The van der Waals surface area contributed by atoms with Gasteiger partial charge in [0, 0.05) is 58.1 Å². The molecule has 0 saturated carbocycles. The van der Waals surface area contributed by atoms with Crippen molar-refractivity contribution < 1.29 is 13.2 Å². The zero-order valence-corrected chi connectivity index (χ0v) is 22.5. The predicted octanol–water partition coefficient (Wildman–Crippen LogP) is 2.94. The lowest BCUT2D eigenvalue weighted by Gasteiger charge is -2.34. The number of nitrogens with one attached hydrogen (secondary N) is 1. The first kappa shape index (κ1) is 25.9. The molecule has 1 N–H and O–H groups in total. The Bertz CT molecular complexity index is 1660. The first-order valence-corrected chi connectivity index (χ1v) is 13.9. The number of aromatic nitrogens is 2. The van der Waals surface area contributed by atoms with Crippen LogP contribution in [0.4, 0.5) is 5.69 Å². The molecule has 1 aliphatic rings. The van der Waals surface area contributed by atoms with E-state index in [-0.39, 0.29) is 11.6 Å². The van der Waals surface area contributed by atoms with Gasteiger partial charge in [-0.2, -0.15) is 4.31 Å². The molecule has 3 aromatic carbocycles. The summed E-state index contributed by atoms with van der Waals surface area (Å²) in [5, 5.41) is 2.93. The third-order valence-electron chi connectivity index (χ3n) is 7.12. The van der Waals surface area contributed by atoms with Crippen LogP contribution in [0.5, 0.6) is 0 Å².